The number of carbonyl (C=O) groups excluding carboxylic acids is 1. The first-order chi connectivity index (χ1) is 8.15. The summed E-state index contributed by atoms with van der Waals surface area (Å²) < 4.78 is 14.5. The lowest BCUT2D eigenvalue weighted by Crippen LogP contribution is -2.18. The van der Waals surface area contributed by atoms with Crippen molar-refractivity contribution in [2.24, 2.45) is 0 Å². The molecule has 1 heterocycles. The van der Waals surface area contributed by atoms with E-state index in [4.69, 9.17) is 0 Å². The standard InChI is InChI=1S/C11H10FN3O2/c12-8-1-2-10(16)9(5-8)14-11(17)6-15-4-3-13-7-15/h1-5,7,16H,6H2,(H,14,17). The number of imidazole rings is 1. The van der Waals surface area contributed by atoms with Gasteiger partial charge in [0.25, 0.3) is 0 Å². The third-order valence-corrected chi connectivity index (χ3v) is 2.12. The Kier molecular flexibility index (Phi) is 3.04. The lowest BCUT2D eigenvalue weighted by molar-refractivity contribution is -0.116. The Bertz CT molecular complexity index is 526. The average Bonchev–Trinajstić information content (AvgIpc) is 2.76. The highest BCUT2D eigenvalue weighted by Gasteiger charge is 2.07. The summed E-state index contributed by atoms with van der Waals surface area (Å²) >= 11 is 0. The molecular formula is C11H10FN3O2. The van der Waals surface area contributed by atoms with Crippen LogP contribution in [0.4, 0.5) is 10.1 Å². The van der Waals surface area contributed by atoms with Crippen LogP contribution in [-0.4, -0.2) is 20.6 Å². The zero-order valence-corrected chi connectivity index (χ0v) is 8.80. The highest BCUT2D eigenvalue weighted by molar-refractivity contribution is 5.92. The third kappa shape index (κ3) is 2.81. The van der Waals surface area contributed by atoms with Crippen LogP contribution in [0.5, 0.6) is 5.75 Å². The van der Waals surface area contributed by atoms with Gasteiger partial charge in [-0.2, -0.15) is 0 Å². The number of hydrogen-bond acceptors (Lipinski definition) is 3. The van der Waals surface area contributed by atoms with E-state index in [1.165, 1.54) is 12.4 Å². The van der Waals surface area contributed by atoms with Gasteiger partial charge in [-0.1, -0.05) is 0 Å². The molecule has 17 heavy (non-hydrogen) atoms. The Morgan fingerprint density at radius 3 is 3.06 bits per heavy atom. The van der Waals surface area contributed by atoms with Crippen LogP contribution in [0, 0.1) is 5.82 Å². The summed E-state index contributed by atoms with van der Waals surface area (Å²) in [6.45, 7) is 0.0515. The van der Waals surface area contributed by atoms with Crippen molar-refractivity contribution in [3.05, 3.63) is 42.7 Å². The number of phenols is 1. The van der Waals surface area contributed by atoms with Gasteiger partial charge in [-0.05, 0) is 12.1 Å². The number of aromatic nitrogens is 2. The first-order valence-electron chi connectivity index (χ1n) is 4.89. The zero-order chi connectivity index (χ0) is 12.3. The molecule has 2 rings (SSSR count). The van der Waals surface area contributed by atoms with E-state index in [-0.39, 0.29) is 23.9 Å². The summed E-state index contributed by atoms with van der Waals surface area (Å²) in [6.07, 6.45) is 4.67. The zero-order valence-electron chi connectivity index (χ0n) is 8.80. The van der Waals surface area contributed by atoms with Crippen LogP contribution in [0.2, 0.25) is 0 Å². The van der Waals surface area contributed by atoms with Crippen molar-refractivity contribution in [2.45, 2.75) is 6.54 Å². The fourth-order valence-electron chi connectivity index (χ4n) is 1.34. The van der Waals surface area contributed by atoms with E-state index in [9.17, 15) is 14.3 Å². The molecule has 0 fully saturated rings. The molecule has 88 valence electrons. The summed E-state index contributed by atoms with van der Waals surface area (Å²) in [5.41, 5.74) is 0.0510. The Morgan fingerprint density at radius 2 is 2.35 bits per heavy atom. The number of carbonyl (C=O) groups is 1. The minimum atomic E-state index is -0.527. The van der Waals surface area contributed by atoms with E-state index >= 15 is 0 Å². The normalized spacial score (nSPS) is 10.2. The van der Waals surface area contributed by atoms with Gasteiger partial charge in [0, 0.05) is 18.5 Å². The molecule has 5 nitrogen and oxygen atoms in total. The molecule has 2 aromatic rings. The fourth-order valence-corrected chi connectivity index (χ4v) is 1.34. The predicted molar refractivity (Wildman–Crippen MR) is 58.9 cm³/mol. The molecule has 0 bridgehead atoms. The van der Waals surface area contributed by atoms with Gasteiger partial charge in [-0.15, -0.1) is 0 Å². The molecule has 0 unspecified atom stereocenters. The molecule has 0 aliphatic carbocycles. The summed E-state index contributed by atoms with van der Waals surface area (Å²) in [7, 11) is 0. The van der Waals surface area contributed by atoms with Crippen LogP contribution in [0.25, 0.3) is 0 Å². The molecule has 0 spiro atoms. The van der Waals surface area contributed by atoms with Crippen molar-refractivity contribution in [3.63, 3.8) is 0 Å². The number of benzene rings is 1. The number of nitrogens with one attached hydrogen (secondary N) is 1. The minimum Gasteiger partial charge on any atom is -0.506 e. The first-order valence-corrected chi connectivity index (χ1v) is 4.89. The minimum absolute atomic E-state index is 0.0510. The number of phenolic OH excluding ortho intramolecular Hbond substituents is 1. The second-order valence-electron chi connectivity index (χ2n) is 3.44. The van der Waals surface area contributed by atoms with E-state index in [1.54, 1.807) is 17.0 Å². The number of anilines is 1. The molecule has 0 saturated carbocycles. The Hall–Kier alpha value is -2.37. The largest absolute Gasteiger partial charge is 0.506 e. The van der Waals surface area contributed by atoms with Crippen LogP contribution < -0.4 is 5.32 Å². The smallest absolute Gasteiger partial charge is 0.244 e. The third-order valence-electron chi connectivity index (χ3n) is 2.12. The van der Waals surface area contributed by atoms with E-state index in [2.05, 4.69) is 10.3 Å². The van der Waals surface area contributed by atoms with Gasteiger partial charge in [0.15, 0.2) is 0 Å². The number of hydrogen-bond donors (Lipinski definition) is 2. The monoisotopic (exact) mass is 235 g/mol. The maximum absolute atomic E-state index is 12.9. The van der Waals surface area contributed by atoms with Crippen LogP contribution in [0.1, 0.15) is 0 Å². The van der Waals surface area contributed by atoms with Crippen molar-refractivity contribution in [1.82, 2.24) is 9.55 Å². The van der Waals surface area contributed by atoms with Crippen LogP contribution in [0.15, 0.2) is 36.9 Å². The van der Waals surface area contributed by atoms with Crippen molar-refractivity contribution >= 4 is 11.6 Å². The second-order valence-corrected chi connectivity index (χ2v) is 3.44. The molecule has 1 amide bonds. The molecule has 0 saturated heterocycles. The maximum atomic E-state index is 12.9. The van der Waals surface area contributed by atoms with Gasteiger partial charge in [0.05, 0.1) is 12.0 Å². The number of nitrogens with zero attached hydrogens (tertiary/aromatic N) is 2. The van der Waals surface area contributed by atoms with E-state index in [1.807, 2.05) is 0 Å². The first kappa shape index (κ1) is 11.1. The quantitative estimate of drug-likeness (QED) is 0.789. The molecule has 0 aliphatic rings. The summed E-state index contributed by atoms with van der Waals surface area (Å²) in [6, 6.07) is 3.35. The van der Waals surface area contributed by atoms with Crippen LogP contribution >= 0.6 is 0 Å². The SMILES string of the molecule is O=C(Cn1ccnc1)Nc1cc(F)ccc1O. The van der Waals surface area contributed by atoms with E-state index in [0.717, 1.165) is 12.1 Å². The van der Waals surface area contributed by atoms with Gasteiger partial charge < -0.3 is 15.0 Å². The molecule has 1 aromatic carbocycles. The average molecular weight is 235 g/mol. The van der Waals surface area contributed by atoms with Crippen molar-refractivity contribution in [3.8, 4) is 5.75 Å². The van der Waals surface area contributed by atoms with Gasteiger partial charge in [0.1, 0.15) is 18.1 Å². The number of rotatable bonds is 3. The topological polar surface area (TPSA) is 67.2 Å². The van der Waals surface area contributed by atoms with E-state index < -0.39 is 5.82 Å². The van der Waals surface area contributed by atoms with Crippen molar-refractivity contribution in [2.75, 3.05) is 5.32 Å². The van der Waals surface area contributed by atoms with Crippen LogP contribution in [0.3, 0.4) is 0 Å². The van der Waals surface area contributed by atoms with Gasteiger partial charge in [0.2, 0.25) is 5.91 Å². The van der Waals surface area contributed by atoms with Gasteiger partial charge >= 0.3 is 0 Å². The Balaban J connectivity index is 2.05. The molecular weight excluding hydrogens is 225 g/mol. The fraction of sp³-hybridized carbons (Fsp3) is 0.0909. The Morgan fingerprint density at radius 1 is 1.53 bits per heavy atom. The molecule has 0 atom stereocenters. The highest BCUT2D eigenvalue weighted by Crippen LogP contribution is 2.23. The summed E-state index contributed by atoms with van der Waals surface area (Å²) in [4.78, 5) is 15.3. The predicted octanol–water partition coefficient (Wildman–Crippen LogP) is 1.37. The summed E-state index contributed by atoms with van der Waals surface area (Å²) in [5.74, 6) is -1.07. The summed E-state index contributed by atoms with van der Waals surface area (Å²) in [5, 5.41) is 11.8. The molecule has 6 heteroatoms. The van der Waals surface area contributed by atoms with Crippen molar-refractivity contribution < 1.29 is 14.3 Å². The van der Waals surface area contributed by atoms with Crippen LogP contribution in [-0.2, 0) is 11.3 Å². The molecule has 2 N–H and O–H groups in total. The lowest BCUT2D eigenvalue weighted by Gasteiger charge is -2.07. The molecule has 0 aliphatic heterocycles. The molecule has 0 radical (unpaired) electrons. The number of halogens is 1. The number of aromatic hydroxyl groups is 1. The Labute approximate surface area is 96.5 Å². The highest BCUT2D eigenvalue weighted by atomic mass is 19.1. The van der Waals surface area contributed by atoms with Gasteiger partial charge in [-0.3, -0.25) is 4.79 Å². The number of amides is 1. The van der Waals surface area contributed by atoms with Crippen molar-refractivity contribution in [1.29, 1.82) is 0 Å². The van der Waals surface area contributed by atoms with E-state index in [0.29, 0.717) is 0 Å². The van der Waals surface area contributed by atoms with Gasteiger partial charge in [-0.25, -0.2) is 9.37 Å². The second kappa shape index (κ2) is 4.65. The maximum Gasteiger partial charge on any atom is 0.244 e. The molecule has 1 aromatic heterocycles. The lowest BCUT2D eigenvalue weighted by atomic mass is 10.3.